The number of carbonyl (C=O) groups excluding carboxylic acids is 3. The van der Waals surface area contributed by atoms with Crippen molar-refractivity contribution in [1.82, 2.24) is 5.01 Å². The van der Waals surface area contributed by atoms with E-state index < -0.39 is 45.8 Å². The number of nitro groups is 1. The predicted octanol–water partition coefficient (Wildman–Crippen LogP) is 5.81. The zero-order valence-corrected chi connectivity index (χ0v) is 22.6. The third kappa shape index (κ3) is 3.56. The summed E-state index contributed by atoms with van der Waals surface area (Å²) < 4.78 is 0. The lowest BCUT2D eigenvalue weighted by Crippen LogP contribution is -2.44. The van der Waals surface area contributed by atoms with Gasteiger partial charge in [-0.1, -0.05) is 72.3 Å². The highest BCUT2D eigenvalue weighted by molar-refractivity contribution is 6.31. The van der Waals surface area contributed by atoms with Gasteiger partial charge in [0.1, 0.15) is 11.5 Å². The molecule has 1 fully saturated rings. The molecule has 4 aromatic rings. The molecule has 1 saturated heterocycles. The number of hydrogen-bond acceptors (Lipinski definition) is 7. The van der Waals surface area contributed by atoms with Gasteiger partial charge in [0.25, 0.3) is 5.69 Å². The van der Waals surface area contributed by atoms with Gasteiger partial charge in [0.05, 0.1) is 17.2 Å². The molecule has 7 rings (SSSR count). The monoisotopic (exact) mass is 576 g/mol. The van der Waals surface area contributed by atoms with Crippen LogP contribution in [0, 0.1) is 15.5 Å². The summed E-state index contributed by atoms with van der Waals surface area (Å²) in [6, 6.07) is 24.2. The fraction of sp³-hybridized carbons (Fsp3) is 0.125. The van der Waals surface area contributed by atoms with Gasteiger partial charge in [-0.3, -0.25) is 29.5 Å². The van der Waals surface area contributed by atoms with Gasteiger partial charge in [-0.25, -0.2) is 0 Å². The summed E-state index contributed by atoms with van der Waals surface area (Å²) in [5.74, 6) is -2.34. The van der Waals surface area contributed by atoms with Crippen molar-refractivity contribution in [2.24, 2.45) is 10.5 Å². The molecule has 42 heavy (non-hydrogen) atoms. The van der Waals surface area contributed by atoms with E-state index >= 15 is 0 Å². The molecule has 3 atom stereocenters. The second-order valence-corrected chi connectivity index (χ2v) is 10.9. The van der Waals surface area contributed by atoms with Crippen molar-refractivity contribution in [1.29, 1.82) is 0 Å². The summed E-state index contributed by atoms with van der Waals surface area (Å²) in [4.78, 5) is 54.5. The highest BCUT2D eigenvalue weighted by Crippen LogP contribution is 2.64. The Balaban J connectivity index is 1.48. The molecule has 2 heterocycles. The number of nitro benzene ring substituents is 1. The van der Waals surface area contributed by atoms with Crippen molar-refractivity contribution in [3.05, 3.63) is 140 Å². The van der Waals surface area contributed by atoms with Gasteiger partial charge in [-0.2, -0.15) is 5.10 Å². The number of halogens is 1. The van der Waals surface area contributed by atoms with Crippen LogP contribution in [0.3, 0.4) is 0 Å². The number of non-ortho nitro benzene ring substituents is 1. The van der Waals surface area contributed by atoms with Gasteiger partial charge < -0.3 is 5.32 Å². The van der Waals surface area contributed by atoms with Gasteiger partial charge in [-0.15, -0.1) is 0 Å². The normalized spacial score (nSPS) is 21.2. The first kappa shape index (κ1) is 25.8. The second kappa shape index (κ2) is 9.46. The highest BCUT2D eigenvalue weighted by Gasteiger charge is 2.72. The van der Waals surface area contributed by atoms with Crippen LogP contribution in [0.2, 0.25) is 5.02 Å². The predicted molar refractivity (Wildman–Crippen MR) is 156 cm³/mol. The Morgan fingerprint density at radius 1 is 0.881 bits per heavy atom. The molecule has 206 valence electrons. The molecule has 0 aromatic heterocycles. The van der Waals surface area contributed by atoms with Gasteiger partial charge >= 0.3 is 0 Å². The molecule has 1 aliphatic carbocycles. The van der Waals surface area contributed by atoms with Gasteiger partial charge in [0, 0.05) is 39.9 Å². The Bertz CT molecular complexity index is 1800. The number of benzene rings is 4. The number of ketones is 2. The number of hydrogen-bond donors (Lipinski definition) is 1. The van der Waals surface area contributed by atoms with Crippen LogP contribution < -0.4 is 5.32 Å². The van der Waals surface area contributed by atoms with Crippen LogP contribution in [0.4, 0.5) is 11.4 Å². The maximum Gasteiger partial charge on any atom is 0.269 e. The highest BCUT2D eigenvalue weighted by atomic mass is 35.5. The van der Waals surface area contributed by atoms with Crippen molar-refractivity contribution < 1.29 is 19.3 Å². The lowest BCUT2D eigenvalue weighted by Gasteiger charge is -2.36. The van der Waals surface area contributed by atoms with Crippen molar-refractivity contribution in [3.8, 4) is 0 Å². The van der Waals surface area contributed by atoms with E-state index in [1.54, 1.807) is 59.8 Å². The number of rotatable bonds is 4. The number of amides is 1. The average Bonchev–Trinajstić information content (AvgIpc) is 3.44. The summed E-state index contributed by atoms with van der Waals surface area (Å²) in [6.07, 6.45) is 1.62. The fourth-order valence-electron chi connectivity index (χ4n) is 6.70. The molecule has 0 saturated carbocycles. The van der Waals surface area contributed by atoms with E-state index in [9.17, 15) is 24.5 Å². The van der Waals surface area contributed by atoms with Crippen LogP contribution in [0.15, 0.2) is 102 Å². The molecular formula is C32H21ClN4O5. The van der Waals surface area contributed by atoms with Crippen molar-refractivity contribution in [2.75, 3.05) is 5.32 Å². The zero-order chi connectivity index (χ0) is 29.2. The molecule has 1 amide bonds. The van der Waals surface area contributed by atoms with Crippen LogP contribution in [0.5, 0.6) is 0 Å². The lowest BCUT2D eigenvalue weighted by molar-refractivity contribution is -0.384. The molecule has 10 heteroatoms. The van der Waals surface area contributed by atoms with Gasteiger partial charge in [-0.05, 0) is 41.0 Å². The van der Waals surface area contributed by atoms with E-state index in [0.717, 1.165) is 5.56 Å². The van der Waals surface area contributed by atoms with Crippen LogP contribution in [-0.4, -0.2) is 39.7 Å². The van der Waals surface area contributed by atoms with E-state index in [4.69, 9.17) is 11.6 Å². The summed E-state index contributed by atoms with van der Waals surface area (Å²) in [7, 11) is 0. The third-order valence-electron chi connectivity index (χ3n) is 8.42. The quantitative estimate of drug-likeness (QED) is 0.186. The lowest BCUT2D eigenvalue weighted by atomic mass is 9.63. The molecule has 0 radical (unpaired) electrons. The van der Waals surface area contributed by atoms with Crippen LogP contribution in [0.25, 0.3) is 0 Å². The van der Waals surface area contributed by atoms with E-state index in [0.29, 0.717) is 21.8 Å². The summed E-state index contributed by atoms with van der Waals surface area (Å²) in [5.41, 5.74) is 0.968. The zero-order valence-electron chi connectivity index (χ0n) is 21.8. The SMILES string of the molecule is O=C(Nc1ccc(Cl)cc1)[C@H]1[C@@H](c2ccc([N+](=O)[O-])cc2)C2(C(=O)c3ccccc3C2=O)[C@@H]2c3ccccc3C=NN21. The third-order valence-corrected chi connectivity index (χ3v) is 8.67. The van der Waals surface area contributed by atoms with Crippen molar-refractivity contribution in [3.63, 3.8) is 0 Å². The Morgan fingerprint density at radius 2 is 1.50 bits per heavy atom. The first-order valence-corrected chi connectivity index (χ1v) is 13.6. The first-order valence-electron chi connectivity index (χ1n) is 13.2. The van der Waals surface area contributed by atoms with Crippen LogP contribution in [0.1, 0.15) is 49.4 Å². The first-order chi connectivity index (χ1) is 20.3. The number of carbonyl (C=O) groups is 3. The maximum atomic E-state index is 14.7. The maximum absolute atomic E-state index is 14.7. The molecular weight excluding hydrogens is 556 g/mol. The van der Waals surface area contributed by atoms with Crippen molar-refractivity contribution in [2.45, 2.75) is 18.0 Å². The average molecular weight is 577 g/mol. The summed E-state index contributed by atoms with van der Waals surface area (Å²) >= 11 is 6.05. The minimum atomic E-state index is -1.77. The molecule has 9 nitrogen and oxygen atoms in total. The Hall–Kier alpha value is -5.15. The molecule has 2 aliphatic heterocycles. The fourth-order valence-corrected chi connectivity index (χ4v) is 6.83. The Labute approximate surface area is 244 Å². The minimum absolute atomic E-state index is 0.151. The minimum Gasteiger partial charge on any atom is -0.324 e. The topological polar surface area (TPSA) is 122 Å². The molecule has 3 aliphatic rings. The van der Waals surface area contributed by atoms with Crippen LogP contribution >= 0.6 is 11.6 Å². The van der Waals surface area contributed by atoms with Crippen LogP contribution in [-0.2, 0) is 4.79 Å². The van der Waals surface area contributed by atoms with E-state index in [1.807, 2.05) is 24.3 Å². The van der Waals surface area contributed by atoms with Gasteiger partial charge in [0.2, 0.25) is 5.91 Å². The molecule has 0 bridgehead atoms. The largest absolute Gasteiger partial charge is 0.324 e. The number of fused-ring (bicyclic) bond motifs is 5. The summed E-state index contributed by atoms with van der Waals surface area (Å²) in [6.45, 7) is 0. The standard InChI is InChI=1S/C32H21ClN4O5/c33-20-11-13-21(14-12-20)35-31(40)27-26(18-9-15-22(16-10-18)37(41)42)32(29(38)24-7-3-4-8-25(24)30(32)39)28-23-6-2-1-5-19(23)17-34-36(27)28/h1-17,26-28H,(H,35,40)/t26-,27-,28+/m1/s1. The second-order valence-electron chi connectivity index (χ2n) is 10.5. The molecule has 1 spiro atoms. The smallest absolute Gasteiger partial charge is 0.269 e. The number of Topliss-reactive ketones (excluding diaryl/α,β-unsaturated/α-hetero) is 2. The number of anilines is 1. The molecule has 4 aromatic carbocycles. The Morgan fingerprint density at radius 3 is 2.14 bits per heavy atom. The van der Waals surface area contributed by atoms with E-state index in [1.165, 1.54) is 24.3 Å². The van der Waals surface area contributed by atoms with E-state index in [-0.39, 0.29) is 16.8 Å². The van der Waals surface area contributed by atoms with E-state index in [2.05, 4.69) is 10.4 Å². The van der Waals surface area contributed by atoms with Gasteiger partial charge in [0.15, 0.2) is 11.6 Å². The molecule has 0 unspecified atom stereocenters. The number of nitrogens with zero attached hydrogens (tertiary/aromatic N) is 3. The Kier molecular flexibility index (Phi) is 5.81. The number of nitrogens with one attached hydrogen (secondary N) is 1. The van der Waals surface area contributed by atoms with Crippen molar-refractivity contribution >= 4 is 46.7 Å². The summed E-state index contributed by atoms with van der Waals surface area (Å²) in [5, 5.41) is 21.1. The molecule has 1 N–H and O–H groups in total. The number of hydrazone groups is 1.